The first kappa shape index (κ1) is 9.71. The van der Waals surface area contributed by atoms with Gasteiger partial charge in [0.2, 0.25) is 0 Å². The lowest BCUT2D eigenvalue weighted by atomic mass is 10.1. The van der Waals surface area contributed by atoms with Crippen molar-refractivity contribution in [2.75, 3.05) is 5.73 Å². The molecular weight excluding hydrogens is 188 g/mol. The van der Waals surface area contributed by atoms with Crippen LogP contribution in [-0.2, 0) is 7.05 Å². The van der Waals surface area contributed by atoms with E-state index in [9.17, 15) is 0 Å². The van der Waals surface area contributed by atoms with Gasteiger partial charge >= 0.3 is 0 Å². The zero-order valence-corrected chi connectivity index (χ0v) is 9.15. The molecule has 2 rings (SSSR count). The summed E-state index contributed by atoms with van der Waals surface area (Å²) in [7, 11) is 1.85. The summed E-state index contributed by atoms with van der Waals surface area (Å²) in [4.78, 5) is 4.06. The van der Waals surface area contributed by atoms with E-state index in [0.717, 1.165) is 22.4 Å². The molecular formula is C11H14N4. The third-order valence-electron chi connectivity index (χ3n) is 2.61. The molecule has 2 aromatic heterocycles. The zero-order valence-electron chi connectivity index (χ0n) is 9.15. The van der Waals surface area contributed by atoms with Crippen LogP contribution in [0.3, 0.4) is 0 Å². The fourth-order valence-electron chi connectivity index (χ4n) is 1.64. The quantitative estimate of drug-likeness (QED) is 0.765. The van der Waals surface area contributed by atoms with Gasteiger partial charge in [-0.1, -0.05) is 0 Å². The van der Waals surface area contributed by atoms with Crippen molar-refractivity contribution < 1.29 is 0 Å². The third kappa shape index (κ3) is 1.48. The summed E-state index contributed by atoms with van der Waals surface area (Å²) in [6, 6.07) is 1.96. The number of hydrogen-bond donors (Lipinski definition) is 1. The molecule has 0 aliphatic rings. The van der Waals surface area contributed by atoms with Crippen LogP contribution < -0.4 is 5.73 Å². The second kappa shape index (κ2) is 3.38. The van der Waals surface area contributed by atoms with E-state index in [-0.39, 0.29) is 0 Å². The monoisotopic (exact) mass is 202 g/mol. The fraction of sp³-hybridized carbons (Fsp3) is 0.273. The van der Waals surface area contributed by atoms with Crippen molar-refractivity contribution in [3.8, 4) is 11.3 Å². The van der Waals surface area contributed by atoms with Gasteiger partial charge in [-0.05, 0) is 25.5 Å². The van der Waals surface area contributed by atoms with Gasteiger partial charge in [0.15, 0.2) is 0 Å². The zero-order chi connectivity index (χ0) is 11.0. The number of nitrogens with two attached hydrogens (primary N) is 1. The minimum Gasteiger partial charge on any atom is -0.384 e. The number of rotatable bonds is 1. The molecule has 0 radical (unpaired) electrons. The molecule has 0 saturated heterocycles. The van der Waals surface area contributed by atoms with E-state index < -0.39 is 0 Å². The molecule has 78 valence electrons. The minimum atomic E-state index is 0.709. The van der Waals surface area contributed by atoms with Crippen LogP contribution >= 0.6 is 0 Å². The summed E-state index contributed by atoms with van der Waals surface area (Å²) >= 11 is 0. The molecule has 0 bridgehead atoms. The predicted octanol–water partition coefficient (Wildman–Crippen LogP) is 1.68. The Bertz CT molecular complexity index is 499. The lowest BCUT2D eigenvalue weighted by Crippen LogP contribution is -1.97. The van der Waals surface area contributed by atoms with Crippen LogP contribution in [-0.4, -0.2) is 14.8 Å². The number of aryl methyl sites for hydroxylation is 2. The molecule has 2 aromatic rings. The van der Waals surface area contributed by atoms with Crippen molar-refractivity contribution in [2.45, 2.75) is 13.8 Å². The Labute approximate surface area is 88.8 Å². The second-order valence-corrected chi connectivity index (χ2v) is 3.67. The Morgan fingerprint density at radius 2 is 2.07 bits per heavy atom. The van der Waals surface area contributed by atoms with E-state index in [1.165, 1.54) is 0 Å². The molecule has 4 nitrogen and oxygen atoms in total. The molecule has 0 fully saturated rings. The topological polar surface area (TPSA) is 56.7 Å². The van der Waals surface area contributed by atoms with Crippen LogP contribution in [0.5, 0.6) is 0 Å². The van der Waals surface area contributed by atoms with Crippen LogP contribution in [0.15, 0.2) is 18.5 Å². The van der Waals surface area contributed by atoms with Crippen molar-refractivity contribution in [3.05, 3.63) is 29.6 Å². The van der Waals surface area contributed by atoms with Crippen LogP contribution in [0.2, 0.25) is 0 Å². The summed E-state index contributed by atoms with van der Waals surface area (Å²) in [6.07, 6.45) is 3.60. The first-order chi connectivity index (χ1) is 7.11. The summed E-state index contributed by atoms with van der Waals surface area (Å²) in [5.41, 5.74) is 10.0. The maximum absolute atomic E-state index is 5.87. The number of anilines is 1. The summed E-state index contributed by atoms with van der Waals surface area (Å²) < 4.78 is 1.70. The van der Waals surface area contributed by atoms with Gasteiger partial charge in [-0.3, -0.25) is 9.67 Å². The average molecular weight is 202 g/mol. The maximum atomic E-state index is 5.87. The van der Waals surface area contributed by atoms with Gasteiger partial charge in [0.1, 0.15) is 5.82 Å². The summed E-state index contributed by atoms with van der Waals surface area (Å²) in [5.74, 6) is 0.709. The Hall–Kier alpha value is -1.84. The number of hydrogen-bond acceptors (Lipinski definition) is 3. The summed E-state index contributed by atoms with van der Waals surface area (Å²) in [6.45, 7) is 4.00. The van der Waals surface area contributed by atoms with Gasteiger partial charge in [-0.15, -0.1) is 0 Å². The van der Waals surface area contributed by atoms with Crippen molar-refractivity contribution in [1.82, 2.24) is 14.8 Å². The van der Waals surface area contributed by atoms with Crippen LogP contribution in [0, 0.1) is 13.8 Å². The molecule has 0 unspecified atom stereocenters. The Morgan fingerprint density at radius 3 is 2.60 bits per heavy atom. The van der Waals surface area contributed by atoms with Gasteiger partial charge in [-0.25, -0.2) is 0 Å². The molecule has 0 amide bonds. The molecule has 2 N–H and O–H groups in total. The van der Waals surface area contributed by atoms with E-state index in [1.54, 1.807) is 10.9 Å². The number of nitrogens with zero attached hydrogens (tertiary/aromatic N) is 3. The third-order valence-corrected chi connectivity index (χ3v) is 2.61. The molecule has 4 heteroatoms. The highest BCUT2D eigenvalue weighted by molar-refractivity contribution is 5.70. The van der Waals surface area contributed by atoms with Crippen molar-refractivity contribution in [3.63, 3.8) is 0 Å². The van der Waals surface area contributed by atoms with Crippen LogP contribution in [0.4, 0.5) is 5.82 Å². The van der Waals surface area contributed by atoms with Crippen molar-refractivity contribution in [2.24, 2.45) is 7.05 Å². The van der Waals surface area contributed by atoms with E-state index in [0.29, 0.717) is 5.82 Å². The fourth-order valence-corrected chi connectivity index (χ4v) is 1.64. The molecule has 0 spiro atoms. The SMILES string of the molecule is Cc1cnccc1-c1nn(C)c(N)c1C. The minimum absolute atomic E-state index is 0.709. The number of nitrogen functional groups attached to an aromatic ring is 1. The molecule has 0 aliphatic carbocycles. The second-order valence-electron chi connectivity index (χ2n) is 3.67. The van der Waals surface area contributed by atoms with E-state index in [2.05, 4.69) is 10.1 Å². The highest BCUT2D eigenvalue weighted by Gasteiger charge is 2.12. The molecule has 0 atom stereocenters. The van der Waals surface area contributed by atoms with E-state index in [1.807, 2.05) is 33.2 Å². The van der Waals surface area contributed by atoms with E-state index >= 15 is 0 Å². The smallest absolute Gasteiger partial charge is 0.124 e. The molecule has 0 aromatic carbocycles. The standard InChI is InChI=1S/C11H14N4/c1-7-6-13-5-4-9(7)10-8(2)11(12)15(3)14-10/h4-6H,12H2,1-3H3. The maximum Gasteiger partial charge on any atom is 0.124 e. The van der Waals surface area contributed by atoms with Crippen molar-refractivity contribution in [1.29, 1.82) is 0 Å². The van der Waals surface area contributed by atoms with Crippen molar-refractivity contribution >= 4 is 5.82 Å². The van der Waals surface area contributed by atoms with Gasteiger partial charge in [0, 0.05) is 30.6 Å². The summed E-state index contributed by atoms with van der Waals surface area (Å²) in [5, 5.41) is 4.40. The molecule has 0 aliphatic heterocycles. The largest absolute Gasteiger partial charge is 0.384 e. The molecule has 2 heterocycles. The molecule has 15 heavy (non-hydrogen) atoms. The molecule has 0 saturated carbocycles. The first-order valence-electron chi connectivity index (χ1n) is 4.81. The average Bonchev–Trinajstić information content (AvgIpc) is 2.47. The Balaban J connectivity index is 2.65. The normalized spacial score (nSPS) is 10.6. The van der Waals surface area contributed by atoms with Gasteiger partial charge < -0.3 is 5.73 Å². The van der Waals surface area contributed by atoms with Gasteiger partial charge in [0.05, 0.1) is 5.69 Å². The van der Waals surface area contributed by atoms with Crippen LogP contribution in [0.25, 0.3) is 11.3 Å². The highest BCUT2D eigenvalue weighted by atomic mass is 15.3. The Morgan fingerprint density at radius 1 is 1.33 bits per heavy atom. The van der Waals surface area contributed by atoms with Gasteiger partial charge in [-0.2, -0.15) is 5.10 Å². The number of aromatic nitrogens is 3. The lowest BCUT2D eigenvalue weighted by molar-refractivity contribution is 0.782. The lowest BCUT2D eigenvalue weighted by Gasteiger charge is -2.01. The first-order valence-corrected chi connectivity index (χ1v) is 4.81. The number of pyridine rings is 1. The van der Waals surface area contributed by atoms with Gasteiger partial charge in [0.25, 0.3) is 0 Å². The predicted molar refractivity (Wildman–Crippen MR) is 60.3 cm³/mol. The highest BCUT2D eigenvalue weighted by Crippen LogP contribution is 2.27. The van der Waals surface area contributed by atoms with Crippen LogP contribution in [0.1, 0.15) is 11.1 Å². The Kier molecular flexibility index (Phi) is 2.19. The van der Waals surface area contributed by atoms with E-state index in [4.69, 9.17) is 5.73 Å².